The summed E-state index contributed by atoms with van der Waals surface area (Å²) < 4.78 is 25.1. The third-order valence-electron chi connectivity index (χ3n) is 9.77. The molecule has 5 rings (SSSR count). The number of carbonyl (C=O) groups excluding carboxylic acids is 2. The van der Waals surface area contributed by atoms with Crippen molar-refractivity contribution in [1.82, 2.24) is 19.6 Å². The fraction of sp³-hybridized carbons (Fsp3) is 0.525. The van der Waals surface area contributed by atoms with Gasteiger partial charge in [-0.15, -0.1) is 0 Å². The van der Waals surface area contributed by atoms with Gasteiger partial charge in [-0.1, -0.05) is 75.7 Å². The first-order chi connectivity index (χ1) is 25.4. The van der Waals surface area contributed by atoms with Crippen LogP contribution in [0.15, 0.2) is 60.9 Å². The Morgan fingerprint density at radius 3 is 2.13 bits per heavy atom. The Bertz CT molecular complexity index is 1740. The Morgan fingerprint density at radius 2 is 1.57 bits per heavy atom. The number of fused-ring (bicyclic) bond motifs is 1. The molecule has 1 aromatic carbocycles. The Hall–Kier alpha value is -3.92. The summed E-state index contributed by atoms with van der Waals surface area (Å²) in [5.74, 6) is 0.369. The zero-order valence-electron chi connectivity index (χ0n) is 32.5. The van der Waals surface area contributed by atoms with Crippen LogP contribution in [0.4, 0.5) is 5.82 Å². The van der Waals surface area contributed by atoms with Gasteiger partial charge in [-0.2, -0.15) is 9.61 Å². The number of aromatic nitrogens is 4. The Balaban J connectivity index is 1.50. The largest absolute Gasteiger partial charge is 0.463 e. The highest BCUT2D eigenvalue weighted by Gasteiger charge is 2.36. The number of esters is 1. The maximum atomic E-state index is 12.7. The van der Waals surface area contributed by atoms with Gasteiger partial charge in [0.1, 0.15) is 19.3 Å². The van der Waals surface area contributed by atoms with Crippen LogP contribution in [0, 0.1) is 5.92 Å². The number of rotatable bonds is 19. The molecule has 3 heterocycles. The number of hydrogen-bond donors (Lipinski definition) is 0. The van der Waals surface area contributed by atoms with Gasteiger partial charge in [0.25, 0.3) is 6.47 Å². The van der Waals surface area contributed by atoms with E-state index >= 15 is 0 Å². The smallest absolute Gasteiger partial charge is 0.347 e. The molecule has 0 bridgehead atoms. The normalized spacial score (nSPS) is 17.0. The first kappa shape index (κ1) is 40.3. The molecule has 1 atom stereocenters. The van der Waals surface area contributed by atoms with Gasteiger partial charge in [0.15, 0.2) is 5.65 Å². The zero-order chi connectivity index (χ0) is 38.0. The van der Waals surface area contributed by atoms with Gasteiger partial charge >= 0.3 is 5.97 Å². The Morgan fingerprint density at radius 1 is 0.906 bits per heavy atom. The predicted octanol–water partition coefficient (Wildman–Crippen LogP) is 8.27. The number of anilines is 1. The van der Waals surface area contributed by atoms with E-state index in [-0.39, 0.29) is 18.4 Å². The number of ether oxygens (including phenoxy) is 4. The number of benzene rings is 1. The average Bonchev–Trinajstić information content (AvgIpc) is 3.57. The highest BCUT2D eigenvalue weighted by Crippen LogP contribution is 2.39. The van der Waals surface area contributed by atoms with E-state index in [0.29, 0.717) is 46.0 Å². The van der Waals surface area contributed by atoms with E-state index in [1.54, 1.807) is 6.92 Å². The van der Waals surface area contributed by atoms with E-state index in [2.05, 4.69) is 68.4 Å². The number of nitrogens with zero attached hydrogens (tertiary/aromatic N) is 5. The minimum atomic E-state index is -1.29. The Kier molecular flexibility index (Phi) is 14.0. The quantitative estimate of drug-likeness (QED) is 0.0304. The zero-order valence-corrected chi connectivity index (χ0v) is 34.5. The van der Waals surface area contributed by atoms with Crippen LogP contribution in [-0.4, -0.2) is 87.6 Å². The molecule has 286 valence electrons. The maximum Gasteiger partial charge on any atom is 0.347 e. The van der Waals surface area contributed by atoms with Crippen LogP contribution in [0.25, 0.3) is 28.0 Å². The summed E-state index contributed by atoms with van der Waals surface area (Å²) in [5.41, 5.74) is 5.44. The molecule has 3 aromatic heterocycles. The van der Waals surface area contributed by atoms with Gasteiger partial charge in [-0.25, -0.2) is 9.78 Å². The van der Waals surface area contributed by atoms with Crippen LogP contribution in [0.1, 0.15) is 44.2 Å². The van der Waals surface area contributed by atoms with E-state index in [0.717, 1.165) is 64.5 Å². The molecule has 4 aromatic rings. The van der Waals surface area contributed by atoms with E-state index in [1.807, 2.05) is 41.2 Å². The molecular weight excluding hydrogens is 703 g/mol. The van der Waals surface area contributed by atoms with Crippen LogP contribution >= 0.6 is 0 Å². The van der Waals surface area contributed by atoms with Crippen LogP contribution < -0.4 is 4.90 Å². The molecule has 1 aliphatic carbocycles. The van der Waals surface area contributed by atoms with Crippen LogP contribution in [0.5, 0.6) is 0 Å². The number of carbonyl (C=O) groups is 2. The highest BCUT2D eigenvalue weighted by atomic mass is 28.3. The molecule has 0 radical (unpaired) electrons. The SMILES string of the molecule is CCOC(=O)C(OC=O)C1CCC(c2cc(N(COCC[Si](C)(C)C)COCC[Si](C)(C)C)n3ncc(-c4ccc(-c5ccccc5)nc4)c3n2)CC1. The molecule has 11 nitrogen and oxygen atoms in total. The van der Waals surface area contributed by atoms with Crippen LogP contribution in [0.3, 0.4) is 0 Å². The van der Waals surface area contributed by atoms with Crippen molar-refractivity contribution in [2.24, 2.45) is 5.92 Å². The van der Waals surface area contributed by atoms with Crippen molar-refractivity contribution in [2.45, 2.75) is 96.0 Å². The van der Waals surface area contributed by atoms with Gasteiger partial charge in [0.2, 0.25) is 6.10 Å². The van der Waals surface area contributed by atoms with Gasteiger partial charge in [0.05, 0.1) is 18.5 Å². The van der Waals surface area contributed by atoms with Crippen molar-refractivity contribution < 1.29 is 28.5 Å². The molecule has 1 unspecified atom stereocenters. The lowest BCUT2D eigenvalue weighted by atomic mass is 9.78. The molecule has 1 aliphatic rings. The summed E-state index contributed by atoms with van der Waals surface area (Å²) in [4.78, 5) is 36.2. The fourth-order valence-corrected chi connectivity index (χ4v) is 8.09. The van der Waals surface area contributed by atoms with Crippen molar-refractivity contribution in [3.05, 3.63) is 66.6 Å². The van der Waals surface area contributed by atoms with Gasteiger partial charge in [-0.3, -0.25) is 9.78 Å². The van der Waals surface area contributed by atoms with Crippen molar-refractivity contribution in [3.63, 3.8) is 0 Å². The molecule has 0 amide bonds. The van der Waals surface area contributed by atoms with E-state index in [9.17, 15) is 9.59 Å². The highest BCUT2D eigenvalue weighted by molar-refractivity contribution is 6.76. The molecule has 53 heavy (non-hydrogen) atoms. The summed E-state index contributed by atoms with van der Waals surface area (Å²) in [7, 11) is -2.58. The van der Waals surface area contributed by atoms with Crippen molar-refractivity contribution >= 4 is 40.1 Å². The lowest BCUT2D eigenvalue weighted by molar-refractivity contribution is -0.165. The monoisotopic (exact) mass is 759 g/mol. The fourth-order valence-electron chi connectivity index (χ4n) is 6.57. The van der Waals surface area contributed by atoms with Gasteiger partial charge < -0.3 is 23.8 Å². The lowest BCUT2D eigenvalue weighted by Crippen LogP contribution is -2.36. The minimum absolute atomic E-state index is 0.116. The van der Waals surface area contributed by atoms with Crippen LogP contribution in [0.2, 0.25) is 51.4 Å². The molecule has 0 aliphatic heterocycles. The van der Waals surface area contributed by atoms with Crippen molar-refractivity contribution in [2.75, 3.05) is 38.2 Å². The first-order valence-electron chi connectivity index (χ1n) is 18.9. The number of pyridine rings is 1. The summed E-state index contributed by atoms with van der Waals surface area (Å²) >= 11 is 0. The van der Waals surface area contributed by atoms with Crippen molar-refractivity contribution in [3.8, 4) is 22.4 Å². The second kappa shape index (κ2) is 18.4. The van der Waals surface area contributed by atoms with Gasteiger partial charge in [-0.05, 0) is 50.8 Å². The second-order valence-corrected chi connectivity index (χ2v) is 27.6. The maximum absolute atomic E-state index is 12.7. The summed E-state index contributed by atoms with van der Waals surface area (Å²) in [6.45, 7) is 18.5. The summed E-state index contributed by atoms with van der Waals surface area (Å²) in [6.07, 6.45) is 5.81. The third-order valence-corrected chi connectivity index (χ3v) is 13.2. The molecule has 1 saturated carbocycles. The molecule has 0 saturated heterocycles. The van der Waals surface area contributed by atoms with E-state index in [1.165, 1.54) is 0 Å². The molecule has 0 spiro atoms. The molecule has 0 N–H and O–H groups in total. The summed E-state index contributed by atoms with van der Waals surface area (Å²) in [5, 5.41) is 4.90. The topological polar surface area (TPSA) is 117 Å². The minimum Gasteiger partial charge on any atom is -0.463 e. The number of hydrogen-bond acceptors (Lipinski definition) is 10. The lowest BCUT2D eigenvalue weighted by Gasteiger charge is -2.32. The predicted molar refractivity (Wildman–Crippen MR) is 214 cm³/mol. The molecular formula is C40H57N5O6Si2. The van der Waals surface area contributed by atoms with Crippen LogP contribution in [-0.2, 0) is 28.5 Å². The Labute approximate surface area is 316 Å². The molecule has 13 heteroatoms. The average molecular weight is 760 g/mol. The summed E-state index contributed by atoms with van der Waals surface area (Å²) in [6, 6.07) is 18.5. The van der Waals surface area contributed by atoms with E-state index < -0.39 is 28.2 Å². The first-order valence-corrected chi connectivity index (χ1v) is 26.3. The molecule has 1 fully saturated rings. The van der Waals surface area contributed by atoms with Crippen molar-refractivity contribution in [1.29, 1.82) is 0 Å². The van der Waals surface area contributed by atoms with E-state index in [4.69, 9.17) is 34.0 Å². The second-order valence-electron chi connectivity index (χ2n) is 16.4. The standard InChI is InChI=1S/C40H57N5O6Si2/c1-8-50-40(47)38(51-29-46)32-16-14-31(15-17-32)36-24-37(44(27-48-20-22-52(2,3)4)28-49-21-23-53(5,6)7)45-39(43-36)34(26-42-45)33-18-19-35(41-25-33)30-12-10-9-11-13-30/h9-13,18-19,24-26,29,31-32,38H,8,14-17,20-23,27-28H2,1-7H3. The van der Waals surface area contributed by atoms with Gasteiger partial charge in [0, 0.05) is 75.8 Å². The third kappa shape index (κ3) is 11.3.